The fourth-order valence-electron chi connectivity index (χ4n) is 2.26. The number of nitriles is 1. The second-order valence-electron chi connectivity index (χ2n) is 5.32. The summed E-state index contributed by atoms with van der Waals surface area (Å²) in [7, 11) is 0. The van der Waals surface area contributed by atoms with E-state index < -0.39 is 0 Å². The van der Waals surface area contributed by atoms with Gasteiger partial charge in [0.05, 0.1) is 12.3 Å². The van der Waals surface area contributed by atoms with E-state index in [4.69, 9.17) is 4.74 Å². The Morgan fingerprint density at radius 3 is 2.62 bits per heavy atom. The number of aromatic nitrogens is 1. The molecule has 0 atom stereocenters. The molecule has 0 aliphatic carbocycles. The van der Waals surface area contributed by atoms with E-state index in [1.807, 2.05) is 60.8 Å². The van der Waals surface area contributed by atoms with Crippen LogP contribution >= 0.6 is 33.9 Å². The fourth-order valence-corrected chi connectivity index (χ4v) is 3.42. The number of thiazole rings is 1. The number of halogens is 1. The highest BCUT2D eigenvalue weighted by Gasteiger charge is 2.09. The van der Waals surface area contributed by atoms with Crippen LogP contribution in [-0.4, -0.2) is 11.6 Å². The highest BCUT2D eigenvalue weighted by Crippen LogP contribution is 2.27. The first kappa shape index (κ1) is 18.4. The number of hydrogen-bond acceptors (Lipinski definition) is 5. The molecule has 130 valence electrons. The Kier molecular flexibility index (Phi) is 6.26. The van der Waals surface area contributed by atoms with Crippen molar-refractivity contribution < 1.29 is 4.74 Å². The molecule has 26 heavy (non-hydrogen) atoms. The molecule has 0 aliphatic rings. The van der Waals surface area contributed by atoms with Gasteiger partial charge >= 0.3 is 0 Å². The van der Waals surface area contributed by atoms with Gasteiger partial charge < -0.3 is 10.1 Å². The molecule has 0 aliphatic heterocycles. The van der Waals surface area contributed by atoms with E-state index in [0.717, 1.165) is 26.3 Å². The van der Waals surface area contributed by atoms with Crippen LogP contribution in [0.3, 0.4) is 0 Å². The van der Waals surface area contributed by atoms with Gasteiger partial charge in [-0.25, -0.2) is 4.98 Å². The zero-order chi connectivity index (χ0) is 18.4. The van der Waals surface area contributed by atoms with Gasteiger partial charge in [0.15, 0.2) is 0 Å². The van der Waals surface area contributed by atoms with Gasteiger partial charge in [-0.05, 0) is 78.0 Å². The van der Waals surface area contributed by atoms with Gasteiger partial charge in [0.25, 0.3) is 0 Å². The second kappa shape index (κ2) is 8.83. The topological polar surface area (TPSA) is 57.9 Å². The number of nitrogens with zero attached hydrogens (tertiary/aromatic N) is 2. The van der Waals surface area contributed by atoms with Crippen LogP contribution < -0.4 is 10.1 Å². The van der Waals surface area contributed by atoms with Gasteiger partial charge in [0.1, 0.15) is 22.4 Å². The predicted molar refractivity (Wildman–Crippen MR) is 115 cm³/mol. The molecular formula is C20H16IN3OS. The van der Waals surface area contributed by atoms with E-state index in [-0.39, 0.29) is 0 Å². The molecule has 0 bridgehead atoms. The molecule has 4 nitrogen and oxygen atoms in total. The summed E-state index contributed by atoms with van der Waals surface area (Å²) in [6, 6.07) is 18.0. The minimum Gasteiger partial charge on any atom is -0.494 e. The minimum atomic E-state index is 0.505. The van der Waals surface area contributed by atoms with Crippen molar-refractivity contribution in [2.75, 3.05) is 11.9 Å². The first-order valence-corrected chi connectivity index (χ1v) is 9.97. The summed E-state index contributed by atoms with van der Waals surface area (Å²) in [4.78, 5) is 4.60. The van der Waals surface area contributed by atoms with Crippen molar-refractivity contribution >= 4 is 45.2 Å². The van der Waals surface area contributed by atoms with Crippen molar-refractivity contribution in [2.45, 2.75) is 6.92 Å². The van der Waals surface area contributed by atoms with Crippen molar-refractivity contribution in [3.8, 4) is 23.1 Å². The lowest BCUT2D eigenvalue weighted by atomic mass is 10.2. The van der Waals surface area contributed by atoms with Crippen molar-refractivity contribution in [3.63, 3.8) is 0 Å². The van der Waals surface area contributed by atoms with E-state index in [1.165, 1.54) is 11.3 Å². The molecule has 3 rings (SSSR count). The van der Waals surface area contributed by atoms with Crippen LogP contribution in [0.4, 0.5) is 5.69 Å². The quantitative estimate of drug-likeness (QED) is 0.364. The standard InChI is InChI=1S/C20H16IN3OS/c1-2-25-18-9-3-14(4-10-18)19-13-26-20(24-19)15(11-22)12-23-17-7-5-16(21)6-8-17/h3-10,12-13,23H,2H2,1H3. The maximum Gasteiger partial charge on any atom is 0.136 e. The SMILES string of the molecule is CCOc1ccc(-c2csc(C(C#N)=CNc3ccc(I)cc3)n2)cc1. The Morgan fingerprint density at radius 2 is 1.96 bits per heavy atom. The number of benzene rings is 2. The molecule has 1 N–H and O–H groups in total. The molecule has 0 saturated heterocycles. The van der Waals surface area contributed by atoms with E-state index >= 15 is 0 Å². The summed E-state index contributed by atoms with van der Waals surface area (Å²) in [5.74, 6) is 0.839. The third kappa shape index (κ3) is 4.62. The maximum atomic E-state index is 9.47. The van der Waals surface area contributed by atoms with Crippen molar-refractivity contribution in [2.24, 2.45) is 0 Å². The summed E-state index contributed by atoms with van der Waals surface area (Å²) in [6.45, 7) is 2.60. The van der Waals surface area contributed by atoms with Crippen molar-refractivity contribution in [3.05, 3.63) is 68.7 Å². The first-order chi connectivity index (χ1) is 12.7. The Balaban J connectivity index is 1.77. The molecule has 0 saturated carbocycles. The molecule has 1 aromatic heterocycles. The Morgan fingerprint density at radius 1 is 1.23 bits per heavy atom. The largest absolute Gasteiger partial charge is 0.494 e. The number of anilines is 1. The van der Waals surface area contributed by atoms with Gasteiger partial charge in [-0.3, -0.25) is 0 Å². The molecular weight excluding hydrogens is 457 g/mol. The van der Waals surface area contributed by atoms with Gasteiger partial charge in [-0.1, -0.05) is 0 Å². The molecule has 0 spiro atoms. The molecule has 0 amide bonds. The molecule has 2 aromatic carbocycles. The molecule has 0 fully saturated rings. The van der Waals surface area contributed by atoms with Crippen LogP contribution in [0.15, 0.2) is 60.1 Å². The van der Waals surface area contributed by atoms with Crippen molar-refractivity contribution in [1.29, 1.82) is 5.26 Å². The van der Waals surface area contributed by atoms with Crippen LogP contribution in [0.1, 0.15) is 11.9 Å². The molecule has 1 heterocycles. The van der Waals surface area contributed by atoms with E-state index in [1.54, 1.807) is 6.20 Å². The summed E-state index contributed by atoms with van der Waals surface area (Å²) >= 11 is 3.71. The maximum absolute atomic E-state index is 9.47. The number of allylic oxidation sites excluding steroid dienone is 1. The minimum absolute atomic E-state index is 0.505. The number of rotatable bonds is 6. The average Bonchev–Trinajstić information content (AvgIpc) is 3.15. The number of nitrogens with one attached hydrogen (secondary N) is 1. The summed E-state index contributed by atoms with van der Waals surface area (Å²) in [5.41, 5.74) is 3.29. The van der Waals surface area contributed by atoms with Crippen molar-refractivity contribution in [1.82, 2.24) is 4.98 Å². The second-order valence-corrected chi connectivity index (χ2v) is 7.42. The third-order valence-corrected chi connectivity index (χ3v) is 5.14. The lowest BCUT2D eigenvalue weighted by Gasteiger charge is -2.03. The lowest BCUT2D eigenvalue weighted by Crippen LogP contribution is -1.91. The van der Waals surface area contributed by atoms with Crippen LogP contribution in [0.25, 0.3) is 16.8 Å². The number of ether oxygens (including phenoxy) is 1. The highest BCUT2D eigenvalue weighted by atomic mass is 127. The number of hydrogen-bond donors (Lipinski definition) is 1. The van der Waals surface area contributed by atoms with E-state index in [0.29, 0.717) is 17.2 Å². The van der Waals surface area contributed by atoms with Gasteiger partial charge in [0.2, 0.25) is 0 Å². The highest BCUT2D eigenvalue weighted by molar-refractivity contribution is 14.1. The normalized spacial score (nSPS) is 11.0. The molecule has 0 radical (unpaired) electrons. The molecule has 0 unspecified atom stereocenters. The van der Waals surface area contributed by atoms with Crippen LogP contribution in [0.5, 0.6) is 5.75 Å². The Labute approximate surface area is 170 Å². The zero-order valence-electron chi connectivity index (χ0n) is 14.1. The predicted octanol–water partition coefficient (Wildman–Crippen LogP) is 5.79. The third-order valence-electron chi connectivity index (χ3n) is 3.54. The summed E-state index contributed by atoms with van der Waals surface area (Å²) < 4.78 is 6.62. The monoisotopic (exact) mass is 473 g/mol. The van der Waals surface area contributed by atoms with Gasteiger partial charge in [-0.2, -0.15) is 5.26 Å². The smallest absolute Gasteiger partial charge is 0.136 e. The lowest BCUT2D eigenvalue weighted by molar-refractivity contribution is 0.340. The first-order valence-electron chi connectivity index (χ1n) is 8.01. The van der Waals surface area contributed by atoms with Gasteiger partial charge in [-0.15, -0.1) is 11.3 Å². The fraction of sp³-hybridized carbons (Fsp3) is 0.100. The Hall–Kier alpha value is -2.37. The summed E-state index contributed by atoms with van der Waals surface area (Å²) in [6.07, 6.45) is 1.70. The molecule has 3 aromatic rings. The van der Waals surface area contributed by atoms with E-state index in [2.05, 4.69) is 39.0 Å². The van der Waals surface area contributed by atoms with Crippen LogP contribution in [0, 0.1) is 14.9 Å². The summed E-state index contributed by atoms with van der Waals surface area (Å²) in [5, 5.41) is 15.3. The zero-order valence-corrected chi connectivity index (χ0v) is 17.0. The van der Waals surface area contributed by atoms with Gasteiger partial charge in [0, 0.05) is 26.4 Å². The molecule has 6 heteroatoms. The Bertz CT molecular complexity index is 940. The van der Waals surface area contributed by atoms with Crippen LogP contribution in [0.2, 0.25) is 0 Å². The van der Waals surface area contributed by atoms with E-state index in [9.17, 15) is 5.26 Å². The van der Waals surface area contributed by atoms with Crippen LogP contribution in [-0.2, 0) is 0 Å². The average molecular weight is 473 g/mol.